The van der Waals surface area contributed by atoms with Gasteiger partial charge in [-0.2, -0.15) is 0 Å². The van der Waals surface area contributed by atoms with E-state index in [2.05, 4.69) is 15.9 Å². The van der Waals surface area contributed by atoms with E-state index in [-0.39, 0.29) is 11.9 Å². The molecule has 3 aromatic rings. The van der Waals surface area contributed by atoms with Crippen LogP contribution in [-0.4, -0.2) is 5.91 Å². The number of carbonyl (C=O) groups is 1. The van der Waals surface area contributed by atoms with Crippen molar-refractivity contribution in [3.8, 4) is 0 Å². The highest BCUT2D eigenvalue weighted by Gasteiger charge is 2.26. The van der Waals surface area contributed by atoms with Crippen molar-refractivity contribution in [3.05, 3.63) is 98.4 Å². The molecule has 3 aromatic carbocycles. The minimum Gasteiger partial charge on any atom is -0.301 e. The predicted octanol–water partition coefficient (Wildman–Crippen LogP) is 7.16. The summed E-state index contributed by atoms with van der Waals surface area (Å²) in [4.78, 5) is 15.2. The van der Waals surface area contributed by atoms with Crippen molar-refractivity contribution < 1.29 is 4.79 Å². The van der Waals surface area contributed by atoms with Crippen molar-refractivity contribution in [3.63, 3.8) is 0 Å². The number of carbonyl (C=O) groups excluding carboxylic acids is 1. The molecule has 0 fully saturated rings. The molecule has 0 aliphatic carbocycles. The minimum absolute atomic E-state index is 0.109. The summed E-state index contributed by atoms with van der Waals surface area (Å²) < 4.78 is 0.666. The lowest BCUT2D eigenvalue weighted by molar-refractivity contribution is 0.0977. The maximum absolute atomic E-state index is 13.4. The Labute approximate surface area is 171 Å². The number of amides is 1. The monoisotopic (exact) mass is 447 g/mol. The van der Waals surface area contributed by atoms with Crippen molar-refractivity contribution in [1.82, 2.24) is 0 Å². The zero-order valence-electron chi connectivity index (χ0n) is 14.0. The van der Waals surface area contributed by atoms with E-state index >= 15 is 0 Å². The van der Waals surface area contributed by atoms with E-state index in [4.69, 9.17) is 23.2 Å². The quantitative estimate of drug-likeness (QED) is 0.414. The topological polar surface area (TPSA) is 20.3 Å². The van der Waals surface area contributed by atoms with Gasteiger partial charge in [-0.1, -0.05) is 53.5 Å². The molecule has 1 amide bonds. The molecule has 0 bridgehead atoms. The molecule has 1 atom stereocenters. The molecule has 0 saturated heterocycles. The first kappa shape index (κ1) is 19.0. The van der Waals surface area contributed by atoms with Crippen LogP contribution >= 0.6 is 39.1 Å². The van der Waals surface area contributed by atoms with Crippen LogP contribution in [0.25, 0.3) is 0 Å². The number of halogens is 3. The number of benzene rings is 3. The van der Waals surface area contributed by atoms with Gasteiger partial charge in [0.05, 0.1) is 11.6 Å². The Morgan fingerprint density at radius 2 is 1.54 bits per heavy atom. The molecule has 0 aliphatic heterocycles. The van der Waals surface area contributed by atoms with Gasteiger partial charge in [-0.25, -0.2) is 0 Å². The first-order valence-electron chi connectivity index (χ1n) is 8.06. The van der Waals surface area contributed by atoms with E-state index < -0.39 is 0 Å². The molecule has 2 nitrogen and oxygen atoms in total. The molecule has 0 aromatic heterocycles. The van der Waals surface area contributed by atoms with Gasteiger partial charge < -0.3 is 4.90 Å². The summed E-state index contributed by atoms with van der Waals surface area (Å²) in [7, 11) is 0. The molecule has 1 unspecified atom stereocenters. The molecule has 3 rings (SSSR count). The molecular formula is C21H16BrCl2NO. The summed E-state index contributed by atoms with van der Waals surface area (Å²) in [6, 6.07) is 22.2. The lowest BCUT2D eigenvalue weighted by atomic mass is 10.0. The summed E-state index contributed by atoms with van der Waals surface area (Å²) in [5, 5.41) is 1.24. The van der Waals surface area contributed by atoms with E-state index in [1.54, 1.807) is 23.1 Å². The smallest absolute Gasteiger partial charge is 0.259 e. The van der Waals surface area contributed by atoms with Crippen molar-refractivity contribution >= 4 is 50.7 Å². The van der Waals surface area contributed by atoms with Gasteiger partial charge in [-0.3, -0.25) is 4.79 Å². The normalized spacial score (nSPS) is 11.8. The van der Waals surface area contributed by atoms with Crippen molar-refractivity contribution in [1.29, 1.82) is 0 Å². The van der Waals surface area contributed by atoms with Gasteiger partial charge in [-0.05, 0) is 70.9 Å². The third-order valence-corrected chi connectivity index (χ3v) is 5.30. The lowest BCUT2D eigenvalue weighted by Crippen LogP contribution is -2.33. The maximum atomic E-state index is 13.4. The van der Waals surface area contributed by atoms with Crippen LogP contribution in [-0.2, 0) is 0 Å². The van der Waals surface area contributed by atoms with Crippen LogP contribution in [0.4, 0.5) is 5.69 Å². The Balaban J connectivity index is 2.06. The fraction of sp³-hybridized carbons (Fsp3) is 0.0952. The highest BCUT2D eigenvalue weighted by atomic mass is 79.9. The van der Waals surface area contributed by atoms with Gasteiger partial charge in [-0.15, -0.1) is 0 Å². The zero-order chi connectivity index (χ0) is 18.7. The third kappa shape index (κ3) is 4.12. The largest absolute Gasteiger partial charge is 0.301 e. The number of hydrogen-bond acceptors (Lipinski definition) is 1. The summed E-state index contributed by atoms with van der Waals surface area (Å²) >= 11 is 15.5. The molecule has 0 N–H and O–H groups in total. The van der Waals surface area contributed by atoms with E-state index in [0.29, 0.717) is 20.1 Å². The van der Waals surface area contributed by atoms with Gasteiger partial charge in [0.15, 0.2) is 0 Å². The van der Waals surface area contributed by atoms with Crippen molar-refractivity contribution in [2.45, 2.75) is 13.0 Å². The van der Waals surface area contributed by atoms with Crippen LogP contribution in [0.3, 0.4) is 0 Å². The third-order valence-electron chi connectivity index (χ3n) is 4.15. The zero-order valence-corrected chi connectivity index (χ0v) is 17.1. The standard InChI is InChI=1S/C21H16BrCl2NO/c1-14(15-7-9-16(23)10-8-15)25(18-5-3-2-4-6-18)21(26)19-12-11-17(24)13-20(19)22/h2-14H,1H3. The molecule has 0 radical (unpaired) electrons. The fourth-order valence-electron chi connectivity index (χ4n) is 2.79. The molecule has 0 aliphatic rings. The Morgan fingerprint density at radius 1 is 0.923 bits per heavy atom. The van der Waals surface area contributed by atoms with Gasteiger partial charge in [0.1, 0.15) is 0 Å². The first-order chi connectivity index (χ1) is 12.5. The minimum atomic E-state index is -0.176. The second-order valence-electron chi connectivity index (χ2n) is 5.86. The maximum Gasteiger partial charge on any atom is 0.259 e. The Kier molecular flexibility index (Phi) is 6.02. The molecule has 0 saturated carbocycles. The molecular weight excluding hydrogens is 433 g/mol. The summed E-state index contributed by atoms with van der Waals surface area (Å²) in [6.45, 7) is 2.00. The average molecular weight is 449 g/mol. The number of rotatable bonds is 4. The number of nitrogens with zero attached hydrogens (tertiary/aromatic N) is 1. The molecule has 5 heteroatoms. The van der Waals surface area contributed by atoms with Gasteiger partial charge in [0.25, 0.3) is 5.91 Å². The van der Waals surface area contributed by atoms with Crippen LogP contribution in [0.2, 0.25) is 10.0 Å². The van der Waals surface area contributed by atoms with Crippen molar-refractivity contribution in [2.24, 2.45) is 0 Å². The number of anilines is 1. The fourth-order valence-corrected chi connectivity index (χ4v) is 3.77. The number of hydrogen-bond donors (Lipinski definition) is 0. The van der Waals surface area contributed by atoms with E-state index in [1.165, 1.54) is 0 Å². The average Bonchev–Trinajstić information content (AvgIpc) is 2.63. The molecule has 0 heterocycles. The highest BCUT2D eigenvalue weighted by molar-refractivity contribution is 9.10. The van der Waals surface area contributed by atoms with Crippen LogP contribution < -0.4 is 4.90 Å². The lowest BCUT2D eigenvalue weighted by Gasteiger charge is -2.30. The summed E-state index contributed by atoms with van der Waals surface area (Å²) in [5.74, 6) is -0.109. The van der Waals surface area contributed by atoms with Crippen molar-refractivity contribution in [2.75, 3.05) is 4.90 Å². The Hall–Kier alpha value is -1.81. The van der Waals surface area contributed by atoms with E-state index in [1.807, 2.05) is 61.5 Å². The summed E-state index contributed by atoms with van der Waals surface area (Å²) in [6.07, 6.45) is 0. The van der Waals surface area contributed by atoms with Gasteiger partial charge >= 0.3 is 0 Å². The second kappa shape index (κ2) is 8.26. The van der Waals surface area contributed by atoms with E-state index in [0.717, 1.165) is 11.3 Å². The summed E-state index contributed by atoms with van der Waals surface area (Å²) in [5.41, 5.74) is 2.37. The Morgan fingerprint density at radius 3 is 2.15 bits per heavy atom. The van der Waals surface area contributed by atoms with Crippen LogP contribution in [0, 0.1) is 0 Å². The highest BCUT2D eigenvalue weighted by Crippen LogP contribution is 2.32. The molecule has 132 valence electrons. The molecule has 26 heavy (non-hydrogen) atoms. The van der Waals surface area contributed by atoms with Crippen LogP contribution in [0.1, 0.15) is 28.9 Å². The second-order valence-corrected chi connectivity index (χ2v) is 7.59. The molecule has 0 spiro atoms. The van der Waals surface area contributed by atoms with Gasteiger partial charge in [0.2, 0.25) is 0 Å². The van der Waals surface area contributed by atoms with Crippen LogP contribution in [0.15, 0.2) is 77.3 Å². The number of para-hydroxylation sites is 1. The SMILES string of the molecule is CC(c1ccc(Cl)cc1)N(C(=O)c1ccc(Cl)cc1Br)c1ccccc1. The predicted molar refractivity (Wildman–Crippen MR) is 112 cm³/mol. The van der Waals surface area contributed by atoms with Crippen LogP contribution in [0.5, 0.6) is 0 Å². The van der Waals surface area contributed by atoms with Gasteiger partial charge in [0, 0.05) is 20.2 Å². The van der Waals surface area contributed by atoms with E-state index in [9.17, 15) is 4.79 Å². The Bertz CT molecular complexity index is 913. The first-order valence-corrected chi connectivity index (χ1v) is 9.61.